The Hall–Kier alpha value is -0.380. The van der Waals surface area contributed by atoms with Gasteiger partial charge in [-0.05, 0) is 93.3 Å². The second-order valence-corrected chi connectivity index (χ2v) is 10.7. The molecule has 0 amide bonds. The summed E-state index contributed by atoms with van der Waals surface area (Å²) >= 11 is 0. The van der Waals surface area contributed by atoms with E-state index in [0.29, 0.717) is 23.7 Å². The SMILES string of the molecule is C[C@H](CCCO)[C@H]1CCC2=C3CC[C@@H]4C[C@H](O)CC[C@]4(C)[C@H]3C[C@H](O)[C@@]21C. The first kappa shape index (κ1) is 19.9. The molecule has 3 nitrogen and oxygen atoms in total. The van der Waals surface area contributed by atoms with Gasteiger partial charge in [0.05, 0.1) is 12.2 Å². The van der Waals surface area contributed by atoms with Gasteiger partial charge in [-0.2, -0.15) is 0 Å². The lowest BCUT2D eigenvalue weighted by molar-refractivity contribution is -0.0729. The van der Waals surface area contributed by atoms with Gasteiger partial charge in [0.2, 0.25) is 0 Å². The summed E-state index contributed by atoms with van der Waals surface area (Å²) < 4.78 is 0. The molecule has 3 fully saturated rings. The molecule has 0 aromatic carbocycles. The van der Waals surface area contributed by atoms with Crippen molar-refractivity contribution < 1.29 is 15.3 Å². The number of aliphatic hydroxyl groups excluding tert-OH is 3. The number of allylic oxidation sites excluding steroid dienone is 1. The number of hydrogen-bond acceptors (Lipinski definition) is 3. The number of hydrogen-bond donors (Lipinski definition) is 3. The zero-order valence-corrected chi connectivity index (χ0v) is 17.6. The van der Waals surface area contributed by atoms with Crippen LogP contribution >= 0.6 is 0 Å². The van der Waals surface area contributed by atoms with Gasteiger partial charge >= 0.3 is 0 Å². The summed E-state index contributed by atoms with van der Waals surface area (Å²) in [6.07, 6.45) is 10.3. The lowest BCUT2D eigenvalue weighted by atomic mass is 9.48. The molecule has 3 saturated carbocycles. The third kappa shape index (κ3) is 2.95. The van der Waals surface area contributed by atoms with Crippen molar-refractivity contribution in [2.75, 3.05) is 6.61 Å². The fraction of sp³-hybridized carbons (Fsp3) is 0.917. The highest BCUT2D eigenvalue weighted by Crippen LogP contribution is 2.65. The van der Waals surface area contributed by atoms with Crippen LogP contribution < -0.4 is 0 Å². The van der Waals surface area contributed by atoms with Crippen molar-refractivity contribution in [3.05, 3.63) is 11.1 Å². The maximum Gasteiger partial charge on any atom is 0.0639 e. The van der Waals surface area contributed by atoms with Crippen LogP contribution in [-0.2, 0) is 0 Å². The summed E-state index contributed by atoms with van der Waals surface area (Å²) in [5.74, 6) is 2.24. The minimum atomic E-state index is -0.243. The highest BCUT2D eigenvalue weighted by molar-refractivity contribution is 5.36. The van der Waals surface area contributed by atoms with Crippen molar-refractivity contribution >= 4 is 0 Å². The van der Waals surface area contributed by atoms with Crippen molar-refractivity contribution in [3.8, 4) is 0 Å². The van der Waals surface area contributed by atoms with E-state index >= 15 is 0 Å². The van der Waals surface area contributed by atoms with E-state index in [2.05, 4.69) is 20.8 Å². The van der Waals surface area contributed by atoms with Crippen LogP contribution in [0.3, 0.4) is 0 Å². The molecule has 0 spiro atoms. The largest absolute Gasteiger partial charge is 0.396 e. The summed E-state index contributed by atoms with van der Waals surface area (Å²) in [7, 11) is 0. The third-order valence-electron chi connectivity index (χ3n) is 9.65. The summed E-state index contributed by atoms with van der Waals surface area (Å²) in [5.41, 5.74) is 3.52. The van der Waals surface area contributed by atoms with Crippen LogP contribution in [0.15, 0.2) is 11.1 Å². The van der Waals surface area contributed by atoms with Gasteiger partial charge in [-0.1, -0.05) is 31.9 Å². The predicted molar refractivity (Wildman–Crippen MR) is 108 cm³/mol. The molecule has 3 N–H and O–H groups in total. The molecule has 0 unspecified atom stereocenters. The Kier molecular flexibility index (Phi) is 5.27. The molecule has 3 heteroatoms. The summed E-state index contributed by atoms with van der Waals surface area (Å²) in [5, 5.41) is 30.9. The van der Waals surface area contributed by atoms with E-state index in [1.165, 1.54) is 19.3 Å². The van der Waals surface area contributed by atoms with Crippen molar-refractivity contribution in [2.24, 2.45) is 34.5 Å². The molecule has 0 heterocycles. The molecule has 154 valence electrons. The maximum absolute atomic E-state index is 11.4. The van der Waals surface area contributed by atoms with Crippen molar-refractivity contribution in [2.45, 2.75) is 97.2 Å². The first-order chi connectivity index (χ1) is 12.8. The van der Waals surface area contributed by atoms with Crippen LogP contribution in [0, 0.1) is 34.5 Å². The molecule has 0 radical (unpaired) electrons. The van der Waals surface area contributed by atoms with E-state index in [1.807, 2.05) is 0 Å². The van der Waals surface area contributed by atoms with E-state index in [9.17, 15) is 15.3 Å². The van der Waals surface area contributed by atoms with Crippen LogP contribution in [0.2, 0.25) is 0 Å². The first-order valence-electron chi connectivity index (χ1n) is 11.5. The molecule has 4 aliphatic rings. The van der Waals surface area contributed by atoms with E-state index in [1.54, 1.807) is 11.1 Å². The van der Waals surface area contributed by atoms with Gasteiger partial charge in [0, 0.05) is 12.0 Å². The van der Waals surface area contributed by atoms with Gasteiger partial charge < -0.3 is 15.3 Å². The first-order valence-corrected chi connectivity index (χ1v) is 11.5. The lowest BCUT2D eigenvalue weighted by Gasteiger charge is -2.58. The van der Waals surface area contributed by atoms with E-state index < -0.39 is 0 Å². The van der Waals surface area contributed by atoms with Gasteiger partial charge in [0.25, 0.3) is 0 Å². The van der Waals surface area contributed by atoms with Crippen LogP contribution in [-0.4, -0.2) is 34.1 Å². The Labute approximate surface area is 165 Å². The second-order valence-electron chi connectivity index (χ2n) is 10.7. The summed E-state index contributed by atoms with van der Waals surface area (Å²) in [4.78, 5) is 0. The number of rotatable bonds is 4. The van der Waals surface area contributed by atoms with Crippen LogP contribution in [0.1, 0.15) is 85.0 Å². The molecule has 0 aliphatic heterocycles. The lowest BCUT2D eigenvalue weighted by Crippen LogP contribution is -2.52. The minimum absolute atomic E-state index is 0.0575. The highest BCUT2D eigenvalue weighted by Gasteiger charge is 2.58. The van der Waals surface area contributed by atoms with Crippen molar-refractivity contribution in [1.29, 1.82) is 0 Å². The van der Waals surface area contributed by atoms with E-state index in [-0.39, 0.29) is 29.6 Å². The second kappa shape index (κ2) is 7.15. The topological polar surface area (TPSA) is 60.7 Å². The Balaban J connectivity index is 1.66. The Morgan fingerprint density at radius 3 is 2.59 bits per heavy atom. The maximum atomic E-state index is 11.4. The smallest absolute Gasteiger partial charge is 0.0639 e. The van der Waals surface area contributed by atoms with Crippen molar-refractivity contribution in [1.82, 2.24) is 0 Å². The zero-order valence-electron chi connectivity index (χ0n) is 17.6. The number of fused-ring (bicyclic) bond motifs is 4. The van der Waals surface area contributed by atoms with Gasteiger partial charge in [0.1, 0.15) is 0 Å². The number of aliphatic hydroxyl groups is 3. The summed E-state index contributed by atoms with van der Waals surface area (Å²) in [6, 6.07) is 0. The molecule has 27 heavy (non-hydrogen) atoms. The Morgan fingerprint density at radius 1 is 1.07 bits per heavy atom. The van der Waals surface area contributed by atoms with Gasteiger partial charge in [0.15, 0.2) is 0 Å². The highest BCUT2D eigenvalue weighted by atomic mass is 16.3. The standard InChI is InChI=1S/C24H40O3/c1-15(5-4-12-25)19-8-9-20-18-7-6-16-13-17(26)10-11-23(16,2)21(18)14-22(27)24(19,20)3/h15-17,19,21-22,25-27H,4-14H2,1-3H3/t15-,16-,17-,19-,21+,22+,23+,24-/m1/s1. The minimum Gasteiger partial charge on any atom is -0.396 e. The fourth-order valence-electron chi connectivity index (χ4n) is 7.98. The normalized spacial score (nSPS) is 48.0. The van der Waals surface area contributed by atoms with Gasteiger partial charge in [-0.3, -0.25) is 0 Å². The Bertz CT molecular complexity index is 598. The fourth-order valence-corrected chi connectivity index (χ4v) is 7.98. The summed E-state index contributed by atoms with van der Waals surface area (Å²) in [6.45, 7) is 7.42. The average Bonchev–Trinajstić information content (AvgIpc) is 3.00. The molecule has 4 rings (SSSR count). The molecule has 4 aliphatic carbocycles. The molecular weight excluding hydrogens is 336 g/mol. The van der Waals surface area contributed by atoms with Crippen LogP contribution in [0.4, 0.5) is 0 Å². The monoisotopic (exact) mass is 376 g/mol. The van der Waals surface area contributed by atoms with Crippen LogP contribution in [0.25, 0.3) is 0 Å². The van der Waals surface area contributed by atoms with Gasteiger partial charge in [-0.25, -0.2) is 0 Å². The molecule has 0 aromatic rings. The quantitative estimate of drug-likeness (QED) is 0.635. The average molecular weight is 377 g/mol. The van der Waals surface area contributed by atoms with Crippen molar-refractivity contribution in [3.63, 3.8) is 0 Å². The Morgan fingerprint density at radius 2 is 1.85 bits per heavy atom. The van der Waals surface area contributed by atoms with E-state index in [4.69, 9.17) is 0 Å². The van der Waals surface area contributed by atoms with Crippen LogP contribution in [0.5, 0.6) is 0 Å². The van der Waals surface area contributed by atoms with Gasteiger partial charge in [-0.15, -0.1) is 0 Å². The molecule has 0 aromatic heterocycles. The zero-order chi connectivity index (χ0) is 19.4. The molecular formula is C24H40O3. The molecule has 0 bridgehead atoms. The molecule has 8 atom stereocenters. The third-order valence-corrected chi connectivity index (χ3v) is 9.65. The predicted octanol–water partition coefficient (Wildman–Crippen LogP) is 4.45. The molecule has 0 saturated heterocycles. The van der Waals surface area contributed by atoms with E-state index in [0.717, 1.165) is 44.9 Å².